The van der Waals surface area contributed by atoms with Crippen molar-refractivity contribution >= 4 is 11.7 Å². The Morgan fingerprint density at radius 2 is 1.95 bits per heavy atom. The zero-order valence-electron chi connectivity index (χ0n) is 12.3. The highest BCUT2D eigenvalue weighted by molar-refractivity contribution is 6.06. The number of nitrogens with zero attached hydrogens (tertiary/aromatic N) is 2. The van der Waals surface area contributed by atoms with E-state index in [4.69, 9.17) is 16.0 Å². The van der Waals surface area contributed by atoms with Crippen molar-refractivity contribution < 1.29 is 15.1 Å². The van der Waals surface area contributed by atoms with Crippen molar-refractivity contribution in [1.29, 1.82) is 0 Å². The van der Waals surface area contributed by atoms with Gasteiger partial charge in [0.05, 0.1) is 6.61 Å². The van der Waals surface area contributed by atoms with Gasteiger partial charge in [-0.2, -0.15) is 0 Å². The van der Waals surface area contributed by atoms with Crippen molar-refractivity contribution in [3.63, 3.8) is 0 Å². The summed E-state index contributed by atoms with van der Waals surface area (Å²) in [5.41, 5.74) is 4.96. The summed E-state index contributed by atoms with van der Waals surface area (Å²) < 4.78 is 0. The zero-order valence-corrected chi connectivity index (χ0v) is 12.3. The smallest absolute Gasteiger partial charge is 0.236 e. The van der Waals surface area contributed by atoms with Crippen LogP contribution in [0.5, 0.6) is 0 Å². The summed E-state index contributed by atoms with van der Waals surface area (Å²) in [5, 5.41) is 21.3. The molecule has 116 valence electrons. The average molecular weight is 285 g/mol. The van der Waals surface area contributed by atoms with E-state index in [9.17, 15) is 4.79 Å². The molecule has 0 saturated heterocycles. The number of aliphatic hydroxyl groups is 1. The second-order valence-electron chi connectivity index (χ2n) is 5.50. The van der Waals surface area contributed by atoms with Gasteiger partial charge in [0.25, 0.3) is 0 Å². The average Bonchev–Trinajstić information content (AvgIpc) is 2.50. The van der Waals surface area contributed by atoms with Gasteiger partial charge in [0, 0.05) is 13.1 Å². The summed E-state index contributed by atoms with van der Waals surface area (Å²) in [5.74, 6) is -0.0864. The lowest BCUT2D eigenvalue weighted by Gasteiger charge is -2.38. The topological polar surface area (TPSA) is 99.2 Å². The van der Waals surface area contributed by atoms with Crippen LogP contribution >= 0.6 is 0 Å². The minimum absolute atomic E-state index is 0.0154. The van der Waals surface area contributed by atoms with Gasteiger partial charge in [-0.3, -0.25) is 4.79 Å². The van der Waals surface area contributed by atoms with Crippen molar-refractivity contribution in [3.05, 3.63) is 0 Å². The van der Waals surface area contributed by atoms with Crippen molar-refractivity contribution in [3.8, 4) is 0 Å². The number of carbonyl (C=O) groups excluding carboxylic acids is 1. The summed E-state index contributed by atoms with van der Waals surface area (Å²) in [6, 6.07) is 0. The molecule has 0 aliphatic heterocycles. The molecule has 1 amide bonds. The van der Waals surface area contributed by atoms with Gasteiger partial charge in [-0.05, 0) is 19.3 Å². The normalized spacial score (nSPS) is 18.8. The summed E-state index contributed by atoms with van der Waals surface area (Å²) in [4.78, 5) is 14.5. The second-order valence-corrected chi connectivity index (χ2v) is 5.50. The molecule has 0 atom stereocenters. The number of hydrogen-bond acceptors (Lipinski definition) is 4. The summed E-state index contributed by atoms with van der Waals surface area (Å²) in [6.07, 6.45) is 5.99. The van der Waals surface area contributed by atoms with Crippen LogP contribution in [-0.2, 0) is 4.79 Å². The summed E-state index contributed by atoms with van der Waals surface area (Å²) in [6.45, 7) is 2.90. The molecule has 0 spiro atoms. The van der Waals surface area contributed by atoms with Gasteiger partial charge < -0.3 is 20.9 Å². The lowest BCUT2D eigenvalue weighted by atomic mass is 9.72. The summed E-state index contributed by atoms with van der Waals surface area (Å²) in [7, 11) is 0. The number of aliphatic hydroxyl groups excluding tert-OH is 1. The molecule has 6 nitrogen and oxygen atoms in total. The van der Waals surface area contributed by atoms with Gasteiger partial charge in [-0.25, -0.2) is 0 Å². The van der Waals surface area contributed by atoms with E-state index in [2.05, 4.69) is 12.1 Å². The maximum absolute atomic E-state index is 12.9. The van der Waals surface area contributed by atoms with Crippen LogP contribution in [0.4, 0.5) is 0 Å². The van der Waals surface area contributed by atoms with E-state index in [1.807, 2.05) is 0 Å². The molecule has 4 N–H and O–H groups in total. The Kier molecular flexibility index (Phi) is 6.78. The highest BCUT2D eigenvalue weighted by Gasteiger charge is 2.45. The summed E-state index contributed by atoms with van der Waals surface area (Å²) >= 11 is 0. The maximum Gasteiger partial charge on any atom is 0.236 e. The molecular formula is C14H27N3O3. The maximum atomic E-state index is 12.9. The quantitative estimate of drug-likeness (QED) is 0.284. The monoisotopic (exact) mass is 285 g/mol. The van der Waals surface area contributed by atoms with Crippen LogP contribution < -0.4 is 5.73 Å². The van der Waals surface area contributed by atoms with E-state index < -0.39 is 5.41 Å². The molecule has 6 heteroatoms. The standard InChI is InChI=1S/C14H27N3O3/c1-2-3-9-17(10-11-18)13(19)14(12(15)16-20)7-5-4-6-8-14/h18,20H,2-11H2,1H3,(H2,15,16). The van der Waals surface area contributed by atoms with E-state index in [-0.39, 0.29) is 18.3 Å². The number of amides is 1. The number of carbonyl (C=O) groups is 1. The van der Waals surface area contributed by atoms with Crippen LogP contribution in [0.15, 0.2) is 5.16 Å². The number of unbranched alkanes of at least 4 members (excludes halogenated alkanes) is 1. The number of hydrogen-bond donors (Lipinski definition) is 3. The van der Waals surface area contributed by atoms with Crippen LogP contribution in [0.3, 0.4) is 0 Å². The van der Waals surface area contributed by atoms with E-state index in [1.165, 1.54) is 0 Å². The molecule has 1 saturated carbocycles. The molecule has 1 aliphatic carbocycles. The molecule has 0 heterocycles. The van der Waals surface area contributed by atoms with Crippen LogP contribution in [0.1, 0.15) is 51.9 Å². The Morgan fingerprint density at radius 3 is 2.45 bits per heavy atom. The van der Waals surface area contributed by atoms with Crippen molar-refractivity contribution in [2.24, 2.45) is 16.3 Å². The van der Waals surface area contributed by atoms with Gasteiger partial charge in [-0.15, -0.1) is 0 Å². The Labute approximate surface area is 120 Å². The SMILES string of the molecule is CCCCN(CCO)C(=O)C1(C(N)=NO)CCCCC1. The van der Waals surface area contributed by atoms with E-state index in [1.54, 1.807) is 4.90 Å². The fourth-order valence-corrected chi connectivity index (χ4v) is 2.92. The minimum Gasteiger partial charge on any atom is -0.409 e. The molecule has 0 radical (unpaired) electrons. The van der Waals surface area contributed by atoms with E-state index in [0.717, 1.165) is 32.1 Å². The molecule has 0 aromatic carbocycles. The first-order chi connectivity index (χ1) is 9.62. The molecule has 0 aromatic heterocycles. The Morgan fingerprint density at radius 1 is 1.30 bits per heavy atom. The molecule has 1 aliphatic rings. The van der Waals surface area contributed by atoms with Crippen LogP contribution in [0.25, 0.3) is 0 Å². The van der Waals surface area contributed by atoms with Crippen molar-refractivity contribution in [2.45, 2.75) is 51.9 Å². The highest BCUT2D eigenvalue weighted by Crippen LogP contribution is 2.38. The van der Waals surface area contributed by atoms with Crippen molar-refractivity contribution in [2.75, 3.05) is 19.7 Å². The number of amidine groups is 1. The van der Waals surface area contributed by atoms with Crippen molar-refractivity contribution in [1.82, 2.24) is 4.90 Å². The molecule has 0 bridgehead atoms. The number of rotatable bonds is 7. The Hall–Kier alpha value is -1.30. The number of oxime groups is 1. The molecule has 0 aromatic rings. The predicted octanol–water partition coefficient (Wildman–Crippen LogP) is 1.30. The first-order valence-electron chi connectivity index (χ1n) is 7.50. The molecule has 1 rings (SSSR count). The fraction of sp³-hybridized carbons (Fsp3) is 0.857. The molecule has 20 heavy (non-hydrogen) atoms. The third kappa shape index (κ3) is 3.62. The van der Waals surface area contributed by atoms with Gasteiger partial charge in [0.15, 0.2) is 5.84 Å². The highest BCUT2D eigenvalue weighted by atomic mass is 16.4. The van der Waals surface area contributed by atoms with Crippen LogP contribution in [0, 0.1) is 5.41 Å². The second kappa shape index (κ2) is 8.09. The van der Waals surface area contributed by atoms with Gasteiger partial charge in [-0.1, -0.05) is 37.8 Å². The van der Waals surface area contributed by atoms with Gasteiger partial charge in [0.2, 0.25) is 5.91 Å². The lowest BCUT2D eigenvalue weighted by molar-refractivity contribution is -0.140. The largest absolute Gasteiger partial charge is 0.409 e. The third-order valence-electron chi connectivity index (χ3n) is 4.15. The predicted molar refractivity (Wildman–Crippen MR) is 77.5 cm³/mol. The molecular weight excluding hydrogens is 258 g/mol. The first kappa shape index (κ1) is 16.8. The van der Waals surface area contributed by atoms with Crippen LogP contribution in [0.2, 0.25) is 0 Å². The number of nitrogens with two attached hydrogens (primary N) is 1. The first-order valence-corrected chi connectivity index (χ1v) is 7.50. The van der Waals surface area contributed by atoms with Crippen LogP contribution in [-0.4, -0.2) is 46.7 Å². The zero-order chi connectivity index (χ0) is 15.0. The Balaban J connectivity index is 2.95. The van der Waals surface area contributed by atoms with E-state index in [0.29, 0.717) is 25.9 Å². The van der Waals surface area contributed by atoms with E-state index >= 15 is 0 Å². The minimum atomic E-state index is -0.879. The molecule has 1 fully saturated rings. The fourth-order valence-electron chi connectivity index (χ4n) is 2.92. The molecule has 0 unspecified atom stereocenters. The Bertz CT molecular complexity index is 339. The lowest BCUT2D eigenvalue weighted by Crippen LogP contribution is -2.53. The van der Waals surface area contributed by atoms with Gasteiger partial charge in [0.1, 0.15) is 5.41 Å². The van der Waals surface area contributed by atoms with Gasteiger partial charge >= 0.3 is 0 Å². The third-order valence-corrected chi connectivity index (χ3v) is 4.15.